The summed E-state index contributed by atoms with van der Waals surface area (Å²) in [5.74, 6) is -0.0434. The molecule has 2 amide bonds. The Labute approximate surface area is 316 Å². The van der Waals surface area contributed by atoms with Crippen LogP contribution in [0.4, 0.5) is 16.2 Å². The number of nitrogens with one attached hydrogen (secondary N) is 2. The highest BCUT2D eigenvalue weighted by Gasteiger charge is 2.22. The van der Waals surface area contributed by atoms with Gasteiger partial charge in [-0.25, -0.2) is 13.2 Å². The van der Waals surface area contributed by atoms with Crippen LogP contribution in [0.3, 0.4) is 0 Å². The van der Waals surface area contributed by atoms with Gasteiger partial charge in [0, 0.05) is 23.4 Å². The summed E-state index contributed by atoms with van der Waals surface area (Å²) in [5, 5.41) is 4.35. The maximum Gasteiger partial charge on any atom is 0.411 e. The first-order chi connectivity index (χ1) is 24.6. The molecular weight excluding hydrogens is 704 g/mol. The zero-order valence-corrected chi connectivity index (χ0v) is 33.9. The Bertz CT molecular complexity index is 1490. The summed E-state index contributed by atoms with van der Waals surface area (Å²) in [6.07, 6.45) is -1.41. The van der Waals surface area contributed by atoms with E-state index < -0.39 is 45.2 Å². The van der Waals surface area contributed by atoms with E-state index in [1.54, 1.807) is 32.9 Å². The van der Waals surface area contributed by atoms with Crippen LogP contribution >= 0.6 is 0 Å². The minimum absolute atomic E-state index is 0.000960. The summed E-state index contributed by atoms with van der Waals surface area (Å²) in [6, 6.07) is 15.1. The first-order valence-corrected chi connectivity index (χ1v) is 19.6. The lowest BCUT2D eigenvalue weighted by Crippen LogP contribution is -2.33. The number of ether oxygens (including phenoxy) is 6. The van der Waals surface area contributed by atoms with Gasteiger partial charge in [-0.1, -0.05) is 45.0 Å². The monoisotopic (exact) mass is 765 g/mol. The van der Waals surface area contributed by atoms with Crippen LogP contribution in [0.2, 0.25) is 0 Å². The largest absolute Gasteiger partial charge is 0.748 e. The second kappa shape index (κ2) is 21.7. The number of anilines is 2. The van der Waals surface area contributed by atoms with Gasteiger partial charge in [0.05, 0.1) is 71.8 Å². The average Bonchev–Trinajstić information content (AvgIpc) is 3.06. The van der Waals surface area contributed by atoms with Crippen molar-refractivity contribution < 1.29 is 51.0 Å². The third-order valence-corrected chi connectivity index (χ3v) is 8.94. The summed E-state index contributed by atoms with van der Waals surface area (Å²) in [7, 11) is -4.61. The van der Waals surface area contributed by atoms with Crippen LogP contribution in [0, 0.1) is 5.41 Å². The van der Waals surface area contributed by atoms with Crippen LogP contribution < -0.4 is 10.6 Å². The third-order valence-electron chi connectivity index (χ3n) is 7.75. The minimum Gasteiger partial charge on any atom is -0.748 e. The van der Waals surface area contributed by atoms with Crippen LogP contribution in [0.1, 0.15) is 86.8 Å². The van der Waals surface area contributed by atoms with Crippen LogP contribution in [0.15, 0.2) is 48.5 Å². The molecule has 0 heterocycles. The molecular formula is C39H61N2O11S-. The molecule has 0 aliphatic carbocycles. The van der Waals surface area contributed by atoms with Crippen molar-refractivity contribution in [3.8, 4) is 0 Å². The number of carbonyl (C=O) groups is 2. The average molecular weight is 766 g/mol. The number of benzene rings is 2. The smallest absolute Gasteiger partial charge is 0.411 e. The van der Waals surface area contributed by atoms with Crippen LogP contribution in [0.5, 0.6) is 0 Å². The standard InChI is InChI=1S/C39H62N2O11S/c1-27(47-20-19-35(53(44,45)46)26-50-28(2)23-49-30(4)25-52-39(8,9)10)22-48-29(3)24-51-37(43)41-34-17-13-32(14-18-34)21-31-11-15-33(16-12-31)40-36(42)38(5,6)7/h11-18,27-30,35H,19-26H2,1-10H3,(H,40,42)(H,41,43)(H,44,45,46)/p-1. The van der Waals surface area contributed by atoms with Gasteiger partial charge >= 0.3 is 6.09 Å². The van der Waals surface area contributed by atoms with E-state index in [2.05, 4.69) is 10.6 Å². The summed E-state index contributed by atoms with van der Waals surface area (Å²) in [4.78, 5) is 24.6. The van der Waals surface area contributed by atoms with Crippen LogP contribution in [0.25, 0.3) is 0 Å². The summed E-state index contributed by atoms with van der Waals surface area (Å²) in [6.45, 7) is 19.1. The molecule has 5 atom stereocenters. The van der Waals surface area contributed by atoms with Gasteiger partial charge in [-0.3, -0.25) is 10.1 Å². The highest BCUT2D eigenvalue weighted by Crippen LogP contribution is 2.20. The SMILES string of the molecule is CC(COC(=O)Nc1ccc(Cc2ccc(NC(=O)C(C)(C)C)cc2)cc1)OCC(C)OCCC(COC(C)COC(C)COC(C)(C)C)S(=O)(=O)[O-]. The molecule has 0 fully saturated rings. The second-order valence-electron chi connectivity index (χ2n) is 15.4. The maximum absolute atomic E-state index is 12.4. The zero-order chi connectivity index (χ0) is 39.8. The lowest BCUT2D eigenvalue weighted by atomic mass is 9.95. The molecule has 2 aromatic carbocycles. The number of hydrogen-bond donors (Lipinski definition) is 2. The fourth-order valence-corrected chi connectivity index (χ4v) is 5.09. The van der Waals surface area contributed by atoms with Crippen molar-refractivity contribution in [1.29, 1.82) is 0 Å². The Morgan fingerprint density at radius 3 is 1.60 bits per heavy atom. The number of amides is 2. The van der Waals surface area contributed by atoms with Crippen molar-refractivity contribution in [2.24, 2.45) is 5.41 Å². The second-order valence-corrected chi connectivity index (χ2v) is 17.1. The molecule has 13 nitrogen and oxygen atoms in total. The molecule has 0 saturated heterocycles. The van der Waals surface area contributed by atoms with Gasteiger partial charge in [0.1, 0.15) is 6.61 Å². The Kier molecular flexibility index (Phi) is 18.8. The Morgan fingerprint density at radius 1 is 0.660 bits per heavy atom. The van der Waals surface area contributed by atoms with E-state index in [1.165, 1.54) is 0 Å². The van der Waals surface area contributed by atoms with E-state index in [-0.39, 0.29) is 57.1 Å². The van der Waals surface area contributed by atoms with Gasteiger partial charge in [-0.05, 0) is 96.7 Å². The Morgan fingerprint density at radius 2 is 1.11 bits per heavy atom. The van der Waals surface area contributed by atoms with Gasteiger partial charge < -0.3 is 38.3 Å². The molecule has 0 aliphatic rings. The Hall–Kier alpha value is -3.11. The molecule has 0 spiro atoms. The van der Waals surface area contributed by atoms with E-state index in [0.29, 0.717) is 18.7 Å². The zero-order valence-electron chi connectivity index (χ0n) is 33.1. The predicted molar refractivity (Wildman–Crippen MR) is 204 cm³/mol. The highest BCUT2D eigenvalue weighted by molar-refractivity contribution is 7.86. The van der Waals surface area contributed by atoms with Gasteiger partial charge in [0.2, 0.25) is 5.91 Å². The molecule has 0 bridgehead atoms. The first kappa shape index (κ1) is 46.0. The molecule has 0 aliphatic heterocycles. The van der Waals surface area contributed by atoms with Crippen molar-refractivity contribution in [2.75, 3.05) is 50.3 Å². The van der Waals surface area contributed by atoms with Crippen molar-refractivity contribution in [2.45, 2.75) is 117 Å². The van der Waals surface area contributed by atoms with Crippen molar-refractivity contribution in [3.63, 3.8) is 0 Å². The van der Waals surface area contributed by atoms with Crippen molar-refractivity contribution in [3.05, 3.63) is 59.7 Å². The topological polar surface area (TPSA) is 171 Å². The highest BCUT2D eigenvalue weighted by atomic mass is 32.2. The number of hydrogen-bond acceptors (Lipinski definition) is 11. The lowest BCUT2D eigenvalue weighted by molar-refractivity contribution is -0.123. The van der Waals surface area contributed by atoms with Gasteiger partial charge in [-0.15, -0.1) is 0 Å². The number of carbonyl (C=O) groups excluding carboxylic acids is 2. The van der Waals surface area contributed by atoms with Crippen molar-refractivity contribution in [1.82, 2.24) is 0 Å². The van der Waals surface area contributed by atoms with Crippen LogP contribution in [-0.2, 0) is 49.8 Å². The molecule has 0 saturated carbocycles. The normalized spacial score (nSPS) is 15.2. The van der Waals surface area contributed by atoms with Crippen LogP contribution in [-0.4, -0.2) is 99.9 Å². The fourth-order valence-electron chi connectivity index (χ4n) is 4.46. The molecule has 0 aromatic heterocycles. The van der Waals surface area contributed by atoms with E-state index in [4.69, 9.17) is 28.4 Å². The molecule has 2 N–H and O–H groups in total. The third kappa shape index (κ3) is 20.2. The number of rotatable bonds is 22. The molecule has 2 aromatic rings. The van der Waals surface area contributed by atoms with Gasteiger partial charge in [0.15, 0.2) is 0 Å². The summed E-state index contributed by atoms with van der Waals surface area (Å²) in [5.41, 5.74) is 2.71. The first-order valence-electron chi connectivity index (χ1n) is 18.1. The minimum atomic E-state index is -4.61. The maximum atomic E-state index is 12.4. The quantitative estimate of drug-likeness (QED) is 0.125. The molecule has 53 heavy (non-hydrogen) atoms. The van der Waals surface area contributed by atoms with E-state index in [0.717, 1.165) is 16.8 Å². The van der Waals surface area contributed by atoms with E-state index in [9.17, 15) is 22.6 Å². The van der Waals surface area contributed by atoms with E-state index in [1.807, 2.05) is 84.9 Å². The Balaban J connectivity index is 1.65. The lowest BCUT2D eigenvalue weighted by Gasteiger charge is -2.25. The van der Waals surface area contributed by atoms with E-state index >= 15 is 0 Å². The van der Waals surface area contributed by atoms with Gasteiger partial charge in [0.25, 0.3) is 0 Å². The van der Waals surface area contributed by atoms with Crippen molar-refractivity contribution >= 4 is 33.5 Å². The summed E-state index contributed by atoms with van der Waals surface area (Å²) < 4.78 is 69.2. The fraction of sp³-hybridized carbons (Fsp3) is 0.641. The molecule has 2 rings (SSSR count). The van der Waals surface area contributed by atoms with Gasteiger partial charge in [-0.2, -0.15) is 0 Å². The summed E-state index contributed by atoms with van der Waals surface area (Å²) >= 11 is 0. The molecule has 14 heteroatoms. The molecule has 0 radical (unpaired) electrons. The molecule has 300 valence electrons. The molecule has 5 unspecified atom stereocenters. The predicted octanol–water partition coefficient (Wildman–Crippen LogP) is 6.55.